The second kappa shape index (κ2) is 8.06. The van der Waals surface area contributed by atoms with Crippen molar-refractivity contribution >= 4 is 26.0 Å². The average Bonchev–Trinajstić information content (AvgIpc) is 2.49. The number of hydrogen-bond acceptors (Lipinski definition) is 4. The van der Waals surface area contributed by atoms with Gasteiger partial charge in [-0.1, -0.05) is 51.8 Å². The van der Waals surface area contributed by atoms with Gasteiger partial charge in [0.15, 0.2) is 0 Å². The van der Waals surface area contributed by atoms with Crippen molar-refractivity contribution in [3.05, 3.63) is 64.1 Å². The highest BCUT2D eigenvalue weighted by Crippen LogP contribution is 2.18. The second-order valence-corrected chi connectivity index (χ2v) is 7.77. The van der Waals surface area contributed by atoms with Gasteiger partial charge in [0, 0.05) is 18.1 Å². The van der Waals surface area contributed by atoms with E-state index in [2.05, 4.69) is 15.9 Å². The Morgan fingerprint density at radius 2 is 1.74 bits per heavy atom. The van der Waals surface area contributed by atoms with Crippen LogP contribution in [0.25, 0.3) is 0 Å². The lowest BCUT2D eigenvalue weighted by Gasteiger charge is -2.16. The molecule has 0 saturated carbocycles. The molecule has 0 aliphatic carbocycles. The van der Waals surface area contributed by atoms with Crippen molar-refractivity contribution in [1.82, 2.24) is 5.06 Å². The van der Waals surface area contributed by atoms with Crippen LogP contribution in [-0.2, 0) is 20.8 Å². The number of halogens is 1. The van der Waals surface area contributed by atoms with Gasteiger partial charge in [0.1, 0.15) is 0 Å². The van der Waals surface area contributed by atoms with Gasteiger partial charge in [-0.3, -0.25) is 0 Å². The summed E-state index contributed by atoms with van der Waals surface area (Å²) in [4.78, 5) is 0.167. The molecule has 0 aliphatic heterocycles. The molecule has 2 aromatic carbocycles. The van der Waals surface area contributed by atoms with Crippen molar-refractivity contribution in [3.63, 3.8) is 0 Å². The third-order valence-corrected chi connectivity index (χ3v) is 5.49. The second-order valence-electron chi connectivity index (χ2n) is 5.39. The molecule has 6 heteroatoms. The average molecular weight is 398 g/mol. The maximum Gasteiger partial charge on any atom is 0.313 e. The first kappa shape index (κ1) is 18.1. The summed E-state index contributed by atoms with van der Waals surface area (Å²) in [6.07, 6.45) is 1.64. The SMILES string of the molecule is Cc1ccc(S(=O)(=O)ON(C)CCCc2ccccc2Br)cc1. The quantitative estimate of drug-likeness (QED) is 0.663. The number of hydrogen-bond donors (Lipinski definition) is 0. The van der Waals surface area contributed by atoms with Gasteiger partial charge in [-0.25, -0.2) is 0 Å². The van der Waals surface area contributed by atoms with E-state index < -0.39 is 10.1 Å². The van der Waals surface area contributed by atoms with E-state index in [0.717, 1.165) is 22.9 Å². The molecule has 4 nitrogen and oxygen atoms in total. The topological polar surface area (TPSA) is 46.6 Å². The van der Waals surface area contributed by atoms with Gasteiger partial charge in [0.05, 0.1) is 4.90 Å². The molecule has 0 fully saturated rings. The van der Waals surface area contributed by atoms with Gasteiger partial charge >= 0.3 is 10.1 Å². The number of rotatable bonds is 7. The molecule has 0 unspecified atom stereocenters. The van der Waals surface area contributed by atoms with Crippen LogP contribution in [0, 0.1) is 6.92 Å². The smallest absolute Gasteiger partial charge is 0.192 e. The highest BCUT2D eigenvalue weighted by atomic mass is 79.9. The van der Waals surface area contributed by atoms with E-state index in [4.69, 9.17) is 4.28 Å². The molecular formula is C17H20BrNO3S. The van der Waals surface area contributed by atoms with Gasteiger partial charge in [-0.15, -0.1) is 0 Å². The minimum Gasteiger partial charge on any atom is -0.192 e. The first-order valence-corrected chi connectivity index (χ1v) is 9.54. The molecular weight excluding hydrogens is 378 g/mol. The van der Waals surface area contributed by atoms with E-state index in [1.807, 2.05) is 31.2 Å². The Morgan fingerprint density at radius 1 is 1.09 bits per heavy atom. The Bertz CT molecular complexity index is 745. The van der Waals surface area contributed by atoms with E-state index in [9.17, 15) is 8.42 Å². The van der Waals surface area contributed by atoms with Crippen LogP contribution in [0.3, 0.4) is 0 Å². The molecule has 0 aromatic heterocycles. The van der Waals surface area contributed by atoms with Gasteiger partial charge < -0.3 is 0 Å². The fourth-order valence-electron chi connectivity index (χ4n) is 2.15. The molecule has 0 N–H and O–H groups in total. The largest absolute Gasteiger partial charge is 0.313 e. The maximum absolute atomic E-state index is 12.2. The van der Waals surface area contributed by atoms with Crippen LogP contribution >= 0.6 is 15.9 Å². The summed E-state index contributed by atoms with van der Waals surface area (Å²) in [6, 6.07) is 14.6. The number of nitrogens with zero attached hydrogens (tertiary/aromatic N) is 1. The summed E-state index contributed by atoms with van der Waals surface area (Å²) in [5, 5.41) is 1.37. The highest BCUT2D eigenvalue weighted by Gasteiger charge is 2.18. The Hall–Kier alpha value is -1.21. The number of benzene rings is 2. The molecule has 0 radical (unpaired) electrons. The van der Waals surface area contributed by atoms with Crippen LogP contribution < -0.4 is 0 Å². The molecule has 0 aliphatic rings. The molecule has 0 amide bonds. The number of aryl methyl sites for hydroxylation is 2. The van der Waals surface area contributed by atoms with Crippen molar-refractivity contribution in [2.24, 2.45) is 0 Å². The molecule has 0 saturated heterocycles. The standard InChI is InChI=1S/C17H20BrNO3S/c1-14-9-11-16(12-10-14)23(20,21)22-19(2)13-5-7-15-6-3-4-8-17(15)18/h3-4,6,8-12H,5,7,13H2,1-2H3. The third-order valence-electron chi connectivity index (χ3n) is 3.41. The first-order chi connectivity index (χ1) is 10.9. The molecule has 2 aromatic rings. The van der Waals surface area contributed by atoms with Crippen LogP contribution in [0.15, 0.2) is 57.9 Å². The van der Waals surface area contributed by atoms with E-state index in [1.54, 1.807) is 31.3 Å². The van der Waals surface area contributed by atoms with Gasteiger partial charge in [0.25, 0.3) is 0 Å². The molecule has 2 rings (SSSR count). The molecule has 0 heterocycles. The zero-order valence-corrected chi connectivity index (χ0v) is 15.6. The highest BCUT2D eigenvalue weighted by molar-refractivity contribution is 9.10. The fraction of sp³-hybridized carbons (Fsp3) is 0.294. The van der Waals surface area contributed by atoms with E-state index >= 15 is 0 Å². The van der Waals surface area contributed by atoms with Crippen molar-refractivity contribution in [3.8, 4) is 0 Å². The molecule has 124 valence electrons. The van der Waals surface area contributed by atoms with E-state index in [1.165, 1.54) is 10.6 Å². The van der Waals surface area contributed by atoms with Crippen LogP contribution in [0.1, 0.15) is 17.5 Å². The monoisotopic (exact) mass is 397 g/mol. The van der Waals surface area contributed by atoms with Crippen LogP contribution in [0.2, 0.25) is 0 Å². The Morgan fingerprint density at radius 3 is 2.39 bits per heavy atom. The summed E-state index contributed by atoms with van der Waals surface area (Å²) < 4.78 is 30.5. The van der Waals surface area contributed by atoms with Crippen molar-refractivity contribution < 1.29 is 12.7 Å². The van der Waals surface area contributed by atoms with Crippen LogP contribution in [0.4, 0.5) is 0 Å². The predicted molar refractivity (Wildman–Crippen MR) is 94.5 cm³/mol. The lowest BCUT2D eigenvalue weighted by Crippen LogP contribution is -2.25. The molecule has 0 atom stereocenters. The minimum absolute atomic E-state index is 0.167. The van der Waals surface area contributed by atoms with Gasteiger partial charge in [-0.2, -0.15) is 17.8 Å². The molecule has 0 spiro atoms. The first-order valence-electron chi connectivity index (χ1n) is 7.34. The van der Waals surface area contributed by atoms with Crippen molar-refractivity contribution in [2.75, 3.05) is 13.6 Å². The zero-order valence-electron chi connectivity index (χ0n) is 13.2. The van der Waals surface area contributed by atoms with Crippen LogP contribution in [-0.4, -0.2) is 27.1 Å². The predicted octanol–water partition coefficient (Wildman–Crippen LogP) is 3.94. The normalized spacial score (nSPS) is 11.8. The Balaban J connectivity index is 1.88. The van der Waals surface area contributed by atoms with Crippen LogP contribution in [0.5, 0.6) is 0 Å². The van der Waals surface area contributed by atoms with Crippen molar-refractivity contribution in [2.45, 2.75) is 24.7 Å². The minimum atomic E-state index is -3.76. The fourth-order valence-corrected chi connectivity index (χ4v) is 3.59. The number of hydroxylamine groups is 2. The Labute approximate surface area is 146 Å². The lowest BCUT2D eigenvalue weighted by molar-refractivity contribution is -0.0245. The van der Waals surface area contributed by atoms with Gasteiger partial charge in [0.2, 0.25) is 0 Å². The summed E-state index contributed by atoms with van der Waals surface area (Å²) in [6.45, 7) is 2.43. The summed E-state index contributed by atoms with van der Waals surface area (Å²) >= 11 is 3.51. The summed E-state index contributed by atoms with van der Waals surface area (Å²) in [5.41, 5.74) is 2.20. The lowest BCUT2D eigenvalue weighted by atomic mass is 10.1. The van der Waals surface area contributed by atoms with Gasteiger partial charge in [-0.05, 0) is 43.5 Å². The van der Waals surface area contributed by atoms with E-state index in [-0.39, 0.29) is 4.90 Å². The molecule has 0 bridgehead atoms. The third kappa shape index (κ3) is 5.42. The summed E-state index contributed by atoms with van der Waals surface area (Å²) in [5.74, 6) is 0. The van der Waals surface area contributed by atoms with Crippen molar-refractivity contribution in [1.29, 1.82) is 0 Å². The maximum atomic E-state index is 12.2. The zero-order chi connectivity index (χ0) is 16.9. The summed E-state index contributed by atoms with van der Waals surface area (Å²) in [7, 11) is -2.13. The van der Waals surface area contributed by atoms with E-state index in [0.29, 0.717) is 6.54 Å². The Kier molecular flexibility index (Phi) is 6.35. The molecule has 23 heavy (non-hydrogen) atoms.